The van der Waals surface area contributed by atoms with Crippen LogP contribution in [0, 0.1) is 0 Å². The van der Waals surface area contributed by atoms with E-state index in [4.69, 9.17) is 28.4 Å². The first-order chi connectivity index (χ1) is 34.7. The highest BCUT2D eigenvalue weighted by Gasteiger charge is 2.49. The summed E-state index contributed by atoms with van der Waals surface area (Å²) in [5, 5.41) is 119. The highest BCUT2D eigenvalue weighted by molar-refractivity contribution is 5.76. The Morgan fingerprint density at radius 1 is 0.472 bits per heavy atom. The Bertz CT molecular complexity index is 1380. The number of carbonyl (C=O) groups is 1. The van der Waals surface area contributed by atoms with Gasteiger partial charge in [0.2, 0.25) is 5.91 Å². The molecule has 3 saturated heterocycles. The summed E-state index contributed by atoms with van der Waals surface area (Å²) in [6.07, 6.45) is 8.43. The molecule has 0 aromatic rings. The van der Waals surface area contributed by atoms with E-state index in [1.807, 2.05) is 6.08 Å². The first kappa shape index (κ1) is 64.8. The minimum absolute atomic E-state index is 0.248. The number of rotatable bonds is 40. The van der Waals surface area contributed by atoms with Crippen molar-refractivity contribution < 1.29 is 89.4 Å². The fourth-order valence-corrected chi connectivity index (χ4v) is 9.45. The van der Waals surface area contributed by atoms with Crippen LogP contribution in [0.25, 0.3) is 0 Å². The third kappa shape index (κ3) is 23.8. The van der Waals surface area contributed by atoms with Gasteiger partial charge in [0.25, 0.3) is 0 Å². The van der Waals surface area contributed by atoms with Gasteiger partial charge in [0.1, 0.15) is 73.2 Å². The summed E-state index contributed by atoms with van der Waals surface area (Å²) in [4.78, 5) is 13.2. The van der Waals surface area contributed by atoms with Crippen LogP contribution in [0.2, 0.25) is 0 Å². The van der Waals surface area contributed by atoms with Crippen LogP contribution >= 0.6 is 0 Å². The number of hydrogen-bond donors (Lipinski definition) is 12. The number of hydrogen-bond acceptors (Lipinski definition) is 18. The molecule has 3 heterocycles. The fraction of sp³-hybridized carbons (Fsp3) is 0.943. The van der Waals surface area contributed by atoms with Crippen LogP contribution in [0.1, 0.15) is 187 Å². The first-order valence-electron chi connectivity index (χ1n) is 27.9. The lowest BCUT2D eigenvalue weighted by atomic mass is 9.98. The lowest BCUT2D eigenvalue weighted by Gasteiger charge is -2.44. The Hall–Kier alpha value is -1.47. The molecule has 0 saturated carbocycles. The molecule has 0 aromatic heterocycles. The third-order valence-corrected chi connectivity index (χ3v) is 14.3. The molecule has 19 nitrogen and oxygen atoms in total. The lowest BCUT2D eigenvalue weighted by Crippen LogP contribution is -2.63. The van der Waals surface area contributed by atoms with Crippen LogP contribution in [-0.4, -0.2) is 193 Å². The Kier molecular flexibility index (Phi) is 34.3. The van der Waals surface area contributed by atoms with Crippen LogP contribution in [-0.2, 0) is 33.2 Å². The Balaban J connectivity index is 1.53. The normalized spacial score (nSPS) is 32.0. The Morgan fingerprint density at radius 2 is 0.819 bits per heavy atom. The van der Waals surface area contributed by atoms with Crippen molar-refractivity contribution in [2.24, 2.45) is 0 Å². The zero-order chi connectivity index (χ0) is 52.7. The minimum Gasteiger partial charge on any atom is -0.394 e. The molecule has 0 spiro atoms. The number of allylic oxidation sites excluding steroid dienone is 1. The van der Waals surface area contributed by atoms with E-state index in [1.165, 1.54) is 116 Å². The summed E-state index contributed by atoms with van der Waals surface area (Å²) in [6.45, 7) is 2.19. The third-order valence-electron chi connectivity index (χ3n) is 14.3. The molecule has 3 aliphatic rings. The molecule has 0 unspecified atom stereocenters. The molecule has 19 heteroatoms. The molecule has 0 radical (unpaired) electrons. The Morgan fingerprint density at radius 3 is 1.22 bits per heavy atom. The molecule has 1 amide bonds. The molecule has 0 aromatic carbocycles. The van der Waals surface area contributed by atoms with Gasteiger partial charge in [-0.25, -0.2) is 0 Å². The average molecular weight is 1040 g/mol. The highest BCUT2D eigenvalue weighted by atomic mass is 16.7. The summed E-state index contributed by atoms with van der Waals surface area (Å²) in [5.41, 5.74) is 0. The van der Waals surface area contributed by atoms with Crippen molar-refractivity contribution in [3.63, 3.8) is 0 Å². The highest BCUT2D eigenvalue weighted by Crippen LogP contribution is 2.28. The molecular weight excluding hydrogens is 939 g/mol. The van der Waals surface area contributed by atoms with E-state index in [-0.39, 0.29) is 18.9 Å². The van der Waals surface area contributed by atoms with Gasteiger partial charge < -0.3 is 89.9 Å². The number of ether oxygens (including phenoxy) is 6. The smallest absolute Gasteiger partial charge is 0.220 e. The minimum atomic E-state index is -1.85. The molecule has 12 N–H and O–H groups in total. The van der Waals surface area contributed by atoms with Crippen LogP contribution in [0.3, 0.4) is 0 Å². The zero-order valence-electron chi connectivity index (χ0n) is 43.7. The van der Waals surface area contributed by atoms with Gasteiger partial charge in [0.15, 0.2) is 18.9 Å². The maximum Gasteiger partial charge on any atom is 0.220 e. The number of carbonyl (C=O) groups excluding carboxylic acids is 1. The van der Waals surface area contributed by atoms with Crippen LogP contribution in [0.5, 0.6) is 0 Å². The van der Waals surface area contributed by atoms with Crippen molar-refractivity contribution in [2.45, 2.75) is 291 Å². The van der Waals surface area contributed by atoms with E-state index in [0.29, 0.717) is 6.42 Å². The number of nitrogens with one attached hydrogen (secondary N) is 1. The number of aliphatic hydroxyl groups is 11. The quantitative estimate of drug-likeness (QED) is 0.0309. The maximum atomic E-state index is 13.2. The fourth-order valence-electron chi connectivity index (χ4n) is 9.45. The second-order valence-corrected chi connectivity index (χ2v) is 20.5. The molecule has 3 fully saturated rings. The molecule has 0 aliphatic carbocycles. The molecular formula is C53H99NO18. The van der Waals surface area contributed by atoms with Gasteiger partial charge in [-0.2, -0.15) is 0 Å². The molecule has 0 bridgehead atoms. The standard InChI is InChI=1S/C53H99NO18/c1-3-5-7-9-11-13-15-17-19-20-22-24-26-28-30-37(56)36(54-41(57)31-29-27-25-23-21-18-16-14-12-10-8-6-4-2)33-67-51-49(65)46(62)43(59)39(71-51)35-69-53-50(66)47(63)44(60)40(72-53)34-68-52-48(64)45(61)42(58)38(32-55)70-52/h28,30,36-40,42-53,55-56,58-66H,3-27,29,31-35H2,1-2H3,(H,54,57)/b30-28+/t36-,37+,38+,39+,40+,42-,43-,44-,45-,46-,47-,48+,49+,50+,51+,52-,53-/m0/s1. The largest absolute Gasteiger partial charge is 0.394 e. The summed E-state index contributed by atoms with van der Waals surface area (Å²) in [6, 6.07) is -0.965. The van der Waals surface area contributed by atoms with Gasteiger partial charge in [-0.15, -0.1) is 0 Å². The van der Waals surface area contributed by atoms with Gasteiger partial charge in [0.05, 0.1) is 38.6 Å². The monoisotopic (exact) mass is 1040 g/mol. The van der Waals surface area contributed by atoms with Crippen LogP contribution in [0.4, 0.5) is 0 Å². The van der Waals surface area contributed by atoms with Gasteiger partial charge in [0, 0.05) is 6.42 Å². The van der Waals surface area contributed by atoms with Crippen molar-refractivity contribution in [1.82, 2.24) is 5.32 Å². The van der Waals surface area contributed by atoms with E-state index in [0.717, 1.165) is 44.9 Å². The summed E-state index contributed by atoms with van der Waals surface area (Å²) >= 11 is 0. The number of unbranched alkanes of at least 4 members (excludes halogenated alkanes) is 24. The van der Waals surface area contributed by atoms with E-state index in [1.54, 1.807) is 6.08 Å². The number of amides is 1. The predicted octanol–water partition coefficient (Wildman–Crippen LogP) is 3.43. The maximum absolute atomic E-state index is 13.2. The van der Waals surface area contributed by atoms with Gasteiger partial charge in [-0.3, -0.25) is 4.79 Å². The molecule has 72 heavy (non-hydrogen) atoms. The second kappa shape index (κ2) is 38.1. The zero-order valence-corrected chi connectivity index (χ0v) is 43.7. The Labute approximate surface area is 429 Å². The average Bonchev–Trinajstić information content (AvgIpc) is 3.37. The van der Waals surface area contributed by atoms with E-state index < -0.39 is 124 Å². The van der Waals surface area contributed by atoms with Crippen LogP contribution in [0.15, 0.2) is 12.2 Å². The van der Waals surface area contributed by atoms with E-state index >= 15 is 0 Å². The summed E-state index contributed by atoms with van der Waals surface area (Å²) in [5.74, 6) is -0.276. The summed E-state index contributed by atoms with van der Waals surface area (Å²) in [7, 11) is 0. The molecule has 424 valence electrons. The van der Waals surface area contributed by atoms with Crippen molar-refractivity contribution in [1.29, 1.82) is 0 Å². The van der Waals surface area contributed by atoms with Crippen molar-refractivity contribution in [3.8, 4) is 0 Å². The SMILES string of the molecule is CCCCCCCCCCCCCC/C=C/[C@@H](O)[C@H](CO[C@@H]1O[C@H](CO[C@H]2O[C@H](CO[C@H]3O[C@H](CO)[C@H](O)[C@H](O)[C@H]3O)[C@H](O)[C@H](O)[C@H]2O)[C@H](O)[C@H](O)[C@H]1O)NC(=O)CCCCCCCCCCCCCCC. The van der Waals surface area contributed by atoms with Gasteiger partial charge in [-0.05, 0) is 19.3 Å². The molecule has 3 aliphatic heterocycles. The summed E-state index contributed by atoms with van der Waals surface area (Å²) < 4.78 is 33.9. The molecule has 17 atom stereocenters. The van der Waals surface area contributed by atoms with Gasteiger partial charge in [-0.1, -0.05) is 174 Å². The second-order valence-electron chi connectivity index (χ2n) is 20.5. The number of aliphatic hydroxyl groups excluding tert-OH is 11. The predicted molar refractivity (Wildman–Crippen MR) is 268 cm³/mol. The van der Waals surface area contributed by atoms with Gasteiger partial charge >= 0.3 is 0 Å². The lowest BCUT2D eigenvalue weighted by molar-refractivity contribution is -0.342. The van der Waals surface area contributed by atoms with E-state index in [2.05, 4.69) is 19.2 Å². The van der Waals surface area contributed by atoms with Crippen molar-refractivity contribution >= 4 is 5.91 Å². The van der Waals surface area contributed by atoms with Crippen molar-refractivity contribution in [3.05, 3.63) is 12.2 Å². The first-order valence-corrected chi connectivity index (χ1v) is 27.9. The molecule has 3 rings (SSSR count). The topological polar surface area (TPSA) is 307 Å². The van der Waals surface area contributed by atoms with E-state index in [9.17, 15) is 61.0 Å². The van der Waals surface area contributed by atoms with Crippen LogP contribution < -0.4 is 5.32 Å². The van der Waals surface area contributed by atoms with Crippen molar-refractivity contribution in [2.75, 3.05) is 26.4 Å².